The van der Waals surface area contributed by atoms with Gasteiger partial charge in [-0.3, -0.25) is 9.59 Å². The first kappa shape index (κ1) is 18.5. The number of rotatable bonds is 7. The average molecular weight is 371 g/mol. The van der Waals surface area contributed by atoms with Crippen LogP contribution in [0.2, 0.25) is 5.02 Å². The molecule has 0 saturated heterocycles. The molecule has 1 aliphatic carbocycles. The smallest absolute Gasteiger partial charge is 0.251 e. The Morgan fingerprint density at radius 1 is 1.08 bits per heavy atom. The molecule has 26 heavy (non-hydrogen) atoms. The van der Waals surface area contributed by atoms with Crippen molar-refractivity contribution in [3.63, 3.8) is 0 Å². The van der Waals surface area contributed by atoms with E-state index in [-0.39, 0.29) is 24.3 Å². The molecule has 0 aliphatic heterocycles. The average Bonchev–Trinajstić information content (AvgIpc) is 3.46. The van der Waals surface area contributed by atoms with Gasteiger partial charge in [-0.1, -0.05) is 41.4 Å². The summed E-state index contributed by atoms with van der Waals surface area (Å²) in [6, 6.07) is 15.1. The zero-order valence-electron chi connectivity index (χ0n) is 14.8. The van der Waals surface area contributed by atoms with Crippen LogP contribution in [0.1, 0.15) is 46.8 Å². The second kappa shape index (κ2) is 8.37. The maximum atomic E-state index is 12.3. The number of hydrogen-bond donors (Lipinski definition) is 2. The number of aryl methyl sites for hydroxylation is 1. The molecule has 4 nitrogen and oxygen atoms in total. The minimum Gasteiger partial charge on any atom is -0.352 e. The third kappa shape index (κ3) is 5.09. The van der Waals surface area contributed by atoms with Gasteiger partial charge in [0.1, 0.15) is 0 Å². The molecule has 136 valence electrons. The number of carbonyl (C=O) groups is 2. The number of hydrogen-bond acceptors (Lipinski definition) is 2. The highest BCUT2D eigenvalue weighted by atomic mass is 35.5. The summed E-state index contributed by atoms with van der Waals surface area (Å²) >= 11 is 5.82. The minimum absolute atomic E-state index is 0.0427. The minimum atomic E-state index is -0.202. The number of nitrogens with one attached hydrogen (secondary N) is 2. The fourth-order valence-corrected chi connectivity index (χ4v) is 3.04. The first-order valence-corrected chi connectivity index (χ1v) is 9.30. The summed E-state index contributed by atoms with van der Waals surface area (Å²) in [5.41, 5.74) is 2.89. The Morgan fingerprint density at radius 2 is 1.73 bits per heavy atom. The molecule has 1 fully saturated rings. The Kier molecular flexibility index (Phi) is 5.94. The molecule has 0 bridgehead atoms. The Morgan fingerprint density at radius 3 is 2.35 bits per heavy atom. The molecule has 0 heterocycles. The summed E-state index contributed by atoms with van der Waals surface area (Å²) < 4.78 is 0. The Balaban J connectivity index is 1.49. The van der Waals surface area contributed by atoms with E-state index in [9.17, 15) is 9.59 Å². The van der Waals surface area contributed by atoms with Crippen molar-refractivity contribution in [1.82, 2.24) is 10.6 Å². The van der Waals surface area contributed by atoms with Crippen LogP contribution < -0.4 is 10.6 Å². The first-order chi connectivity index (χ1) is 12.5. The van der Waals surface area contributed by atoms with Crippen molar-refractivity contribution in [3.05, 3.63) is 70.2 Å². The molecule has 1 atom stereocenters. The molecule has 2 amide bonds. The summed E-state index contributed by atoms with van der Waals surface area (Å²) in [4.78, 5) is 24.4. The molecule has 1 unspecified atom stereocenters. The lowest BCUT2D eigenvalue weighted by Crippen LogP contribution is -2.33. The highest BCUT2D eigenvalue weighted by Gasteiger charge is 2.33. The van der Waals surface area contributed by atoms with Crippen molar-refractivity contribution in [2.45, 2.75) is 32.2 Å². The summed E-state index contributed by atoms with van der Waals surface area (Å²) in [6.07, 6.45) is 2.55. The number of amides is 2. The molecule has 0 radical (unpaired) electrons. The van der Waals surface area contributed by atoms with Crippen molar-refractivity contribution in [3.8, 4) is 0 Å². The number of halogens is 1. The summed E-state index contributed by atoms with van der Waals surface area (Å²) in [6.45, 7) is 2.36. The zero-order valence-corrected chi connectivity index (χ0v) is 15.6. The third-order valence-electron chi connectivity index (χ3n) is 4.59. The van der Waals surface area contributed by atoms with E-state index in [1.807, 2.05) is 0 Å². The second-order valence-corrected chi connectivity index (χ2v) is 7.24. The molecule has 1 saturated carbocycles. The lowest BCUT2D eigenvalue weighted by atomic mass is 10.0. The molecular formula is C21H23ClN2O2. The SMILES string of the molecule is Cc1ccc(C(NC(=O)CCNC(=O)c2ccc(Cl)cc2)C2CC2)cc1. The van der Waals surface area contributed by atoms with E-state index < -0.39 is 0 Å². The van der Waals surface area contributed by atoms with Gasteiger partial charge in [-0.05, 0) is 55.5 Å². The maximum Gasteiger partial charge on any atom is 0.251 e. The van der Waals surface area contributed by atoms with Gasteiger partial charge in [-0.15, -0.1) is 0 Å². The summed E-state index contributed by atoms with van der Waals surface area (Å²) in [7, 11) is 0. The van der Waals surface area contributed by atoms with Crippen molar-refractivity contribution < 1.29 is 9.59 Å². The van der Waals surface area contributed by atoms with Gasteiger partial charge in [0, 0.05) is 23.6 Å². The van der Waals surface area contributed by atoms with Crippen molar-refractivity contribution >= 4 is 23.4 Å². The fraction of sp³-hybridized carbons (Fsp3) is 0.333. The molecule has 0 aromatic heterocycles. The fourth-order valence-electron chi connectivity index (χ4n) is 2.92. The lowest BCUT2D eigenvalue weighted by Gasteiger charge is -2.19. The van der Waals surface area contributed by atoms with Crippen LogP contribution in [-0.4, -0.2) is 18.4 Å². The standard InChI is InChI=1S/C21H23ClN2O2/c1-14-2-4-15(5-3-14)20(16-6-7-16)24-19(25)12-13-23-21(26)17-8-10-18(22)11-9-17/h2-5,8-11,16,20H,6-7,12-13H2,1H3,(H,23,26)(H,24,25). The van der Waals surface area contributed by atoms with Gasteiger partial charge >= 0.3 is 0 Å². The van der Waals surface area contributed by atoms with Gasteiger partial charge in [-0.25, -0.2) is 0 Å². The molecule has 0 spiro atoms. The number of carbonyl (C=O) groups excluding carboxylic acids is 2. The van der Waals surface area contributed by atoms with Crippen molar-refractivity contribution in [2.75, 3.05) is 6.54 Å². The van der Waals surface area contributed by atoms with E-state index in [2.05, 4.69) is 41.8 Å². The van der Waals surface area contributed by atoms with Crippen LogP contribution >= 0.6 is 11.6 Å². The highest BCUT2D eigenvalue weighted by molar-refractivity contribution is 6.30. The van der Waals surface area contributed by atoms with E-state index >= 15 is 0 Å². The predicted molar refractivity (Wildman–Crippen MR) is 103 cm³/mol. The van der Waals surface area contributed by atoms with Gasteiger partial charge in [0.25, 0.3) is 5.91 Å². The van der Waals surface area contributed by atoms with E-state index in [1.54, 1.807) is 24.3 Å². The monoisotopic (exact) mass is 370 g/mol. The normalized spacial score (nSPS) is 14.5. The molecule has 1 aliphatic rings. The maximum absolute atomic E-state index is 12.3. The van der Waals surface area contributed by atoms with Crippen molar-refractivity contribution in [2.24, 2.45) is 5.92 Å². The molecule has 2 aromatic carbocycles. The van der Waals surface area contributed by atoms with Crippen LogP contribution in [-0.2, 0) is 4.79 Å². The lowest BCUT2D eigenvalue weighted by molar-refractivity contribution is -0.121. The highest BCUT2D eigenvalue weighted by Crippen LogP contribution is 2.41. The number of benzene rings is 2. The molecular weight excluding hydrogens is 348 g/mol. The summed E-state index contributed by atoms with van der Waals surface area (Å²) in [5, 5.41) is 6.49. The van der Waals surface area contributed by atoms with E-state index in [1.165, 1.54) is 5.56 Å². The zero-order chi connectivity index (χ0) is 18.5. The second-order valence-electron chi connectivity index (χ2n) is 6.81. The quantitative estimate of drug-likeness (QED) is 0.772. The van der Waals surface area contributed by atoms with Gasteiger partial charge < -0.3 is 10.6 Å². The van der Waals surface area contributed by atoms with Crippen LogP contribution in [0.4, 0.5) is 0 Å². The van der Waals surface area contributed by atoms with Crippen LogP contribution in [0.3, 0.4) is 0 Å². The van der Waals surface area contributed by atoms with Gasteiger partial charge in [0.2, 0.25) is 5.91 Å². The van der Waals surface area contributed by atoms with Crippen molar-refractivity contribution in [1.29, 1.82) is 0 Å². The van der Waals surface area contributed by atoms with Crippen LogP contribution in [0.5, 0.6) is 0 Å². The predicted octanol–water partition coefficient (Wildman–Crippen LogP) is 4.04. The van der Waals surface area contributed by atoms with Gasteiger partial charge in [0.05, 0.1) is 6.04 Å². The Hall–Kier alpha value is -2.33. The van der Waals surface area contributed by atoms with E-state index in [0.717, 1.165) is 18.4 Å². The van der Waals surface area contributed by atoms with E-state index in [0.29, 0.717) is 23.0 Å². The van der Waals surface area contributed by atoms with Crippen LogP contribution in [0.25, 0.3) is 0 Å². The largest absolute Gasteiger partial charge is 0.352 e. The summed E-state index contributed by atoms with van der Waals surface area (Å²) in [5.74, 6) is 0.274. The Labute approximate surface area is 158 Å². The Bertz CT molecular complexity index is 768. The molecule has 3 rings (SSSR count). The van der Waals surface area contributed by atoms with Crippen LogP contribution in [0, 0.1) is 12.8 Å². The van der Waals surface area contributed by atoms with Crippen LogP contribution in [0.15, 0.2) is 48.5 Å². The molecule has 2 aromatic rings. The van der Waals surface area contributed by atoms with Gasteiger partial charge in [-0.2, -0.15) is 0 Å². The topological polar surface area (TPSA) is 58.2 Å². The van der Waals surface area contributed by atoms with E-state index in [4.69, 9.17) is 11.6 Å². The molecule has 5 heteroatoms. The van der Waals surface area contributed by atoms with Gasteiger partial charge in [0.15, 0.2) is 0 Å². The first-order valence-electron chi connectivity index (χ1n) is 8.92. The molecule has 2 N–H and O–H groups in total. The third-order valence-corrected chi connectivity index (χ3v) is 4.84.